The van der Waals surface area contributed by atoms with Crippen LogP contribution in [0.2, 0.25) is 5.02 Å². The first kappa shape index (κ1) is 14.4. The van der Waals surface area contributed by atoms with E-state index >= 15 is 0 Å². The number of hydrogen-bond acceptors (Lipinski definition) is 4. The molecule has 0 saturated heterocycles. The van der Waals surface area contributed by atoms with Gasteiger partial charge >= 0.3 is 0 Å². The minimum absolute atomic E-state index is 0.181. The fraction of sp³-hybridized carbons (Fsp3) is 0.286. The Hall–Kier alpha value is -2.01. The topological polar surface area (TPSA) is 64.4 Å². The normalized spacial score (nSPS) is 10.4. The highest BCUT2D eigenvalue weighted by atomic mass is 35.5. The molecule has 1 aromatic heterocycles. The first-order valence-electron chi connectivity index (χ1n) is 6.07. The number of nitrogens with one attached hydrogen (secondary N) is 1. The Morgan fingerprint density at radius 2 is 2.20 bits per heavy atom. The van der Waals surface area contributed by atoms with Crippen LogP contribution in [0.5, 0.6) is 5.75 Å². The van der Waals surface area contributed by atoms with Crippen molar-refractivity contribution in [2.45, 2.75) is 20.3 Å². The Balaban J connectivity index is 2.15. The largest absolute Gasteiger partial charge is 0.493 e. The van der Waals surface area contributed by atoms with Crippen LogP contribution in [-0.2, 0) is 11.2 Å². The van der Waals surface area contributed by atoms with Crippen LogP contribution in [0, 0.1) is 13.8 Å². The van der Waals surface area contributed by atoms with Crippen molar-refractivity contribution >= 4 is 23.2 Å². The third-order valence-electron chi connectivity index (χ3n) is 2.96. The molecule has 0 aliphatic rings. The van der Waals surface area contributed by atoms with E-state index in [-0.39, 0.29) is 12.3 Å². The lowest BCUT2D eigenvalue weighted by Crippen LogP contribution is -2.15. The molecule has 2 aromatic rings. The molecule has 0 spiro atoms. The second-order valence-corrected chi connectivity index (χ2v) is 4.76. The Morgan fingerprint density at radius 3 is 2.80 bits per heavy atom. The van der Waals surface area contributed by atoms with Crippen LogP contribution < -0.4 is 10.1 Å². The molecule has 0 bridgehead atoms. The number of carbonyl (C=O) groups excluding carboxylic acids is 1. The Bertz CT molecular complexity index is 618. The lowest BCUT2D eigenvalue weighted by atomic mass is 10.1. The number of hydrogen-bond donors (Lipinski definition) is 1. The number of aromatic nitrogens is 1. The molecule has 0 unspecified atom stereocenters. The quantitative estimate of drug-likeness (QED) is 0.941. The Morgan fingerprint density at radius 1 is 1.45 bits per heavy atom. The van der Waals surface area contributed by atoms with Gasteiger partial charge in [-0.05, 0) is 26.0 Å². The molecule has 2 rings (SSSR count). The van der Waals surface area contributed by atoms with Gasteiger partial charge < -0.3 is 14.6 Å². The van der Waals surface area contributed by atoms with Crippen molar-refractivity contribution in [1.82, 2.24) is 5.16 Å². The molecular formula is C14H15ClN2O3. The summed E-state index contributed by atoms with van der Waals surface area (Å²) in [5, 5.41) is 7.05. The Labute approximate surface area is 121 Å². The Kier molecular flexibility index (Phi) is 4.29. The molecule has 6 heteroatoms. The van der Waals surface area contributed by atoms with Crippen LogP contribution >= 0.6 is 11.6 Å². The predicted octanol–water partition coefficient (Wildman–Crippen LogP) is 3.13. The highest BCUT2D eigenvalue weighted by molar-refractivity contribution is 6.32. The lowest BCUT2D eigenvalue weighted by molar-refractivity contribution is -0.115. The smallest absolute Gasteiger partial charge is 0.229 e. The third-order valence-corrected chi connectivity index (χ3v) is 3.26. The van der Waals surface area contributed by atoms with Crippen LogP contribution in [0.25, 0.3) is 0 Å². The van der Waals surface area contributed by atoms with E-state index in [2.05, 4.69) is 10.5 Å². The van der Waals surface area contributed by atoms with Gasteiger partial charge in [0.15, 0.2) is 5.75 Å². The molecule has 1 aromatic carbocycles. The fourth-order valence-electron chi connectivity index (χ4n) is 1.92. The van der Waals surface area contributed by atoms with Crippen LogP contribution in [-0.4, -0.2) is 18.2 Å². The molecule has 0 saturated carbocycles. The molecule has 0 aliphatic heterocycles. The third kappa shape index (κ3) is 2.93. The molecule has 0 atom stereocenters. The van der Waals surface area contributed by atoms with E-state index < -0.39 is 0 Å². The van der Waals surface area contributed by atoms with Gasteiger partial charge in [-0.3, -0.25) is 4.79 Å². The maximum absolute atomic E-state index is 12.1. The molecule has 0 aliphatic carbocycles. The molecule has 1 amide bonds. The van der Waals surface area contributed by atoms with Gasteiger partial charge in [-0.15, -0.1) is 0 Å². The minimum atomic E-state index is -0.181. The number of benzene rings is 1. The van der Waals surface area contributed by atoms with Gasteiger partial charge in [0, 0.05) is 5.56 Å². The molecular weight excluding hydrogens is 280 g/mol. The van der Waals surface area contributed by atoms with E-state index in [1.165, 1.54) is 7.11 Å². The number of ether oxygens (including phenoxy) is 1. The average molecular weight is 295 g/mol. The number of anilines is 1. The zero-order valence-electron chi connectivity index (χ0n) is 11.5. The maximum atomic E-state index is 12.1. The predicted molar refractivity (Wildman–Crippen MR) is 76.3 cm³/mol. The second kappa shape index (κ2) is 5.96. The van der Waals surface area contributed by atoms with Crippen molar-refractivity contribution in [3.05, 3.63) is 40.2 Å². The van der Waals surface area contributed by atoms with E-state index in [1.54, 1.807) is 32.0 Å². The minimum Gasteiger partial charge on any atom is -0.493 e. The summed E-state index contributed by atoms with van der Waals surface area (Å²) in [5.41, 5.74) is 2.05. The molecule has 5 nitrogen and oxygen atoms in total. The van der Waals surface area contributed by atoms with E-state index in [0.29, 0.717) is 22.2 Å². The van der Waals surface area contributed by atoms with E-state index in [1.807, 2.05) is 0 Å². The van der Waals surface area contributed by atoms with Crippen molar-refractivity contribution in [1.29, 1.82) is 0 Å². The van der Waals surface area contributed by atoms with Crippen molar-refractivity contribution in [2.24, 2.45) is 0 Å². The van der Waals surface area contributed by atoms with Gasteiger partial charge in [-0.25, -0.2) is 0 Å². The van der Waals surface area contributed by atoms with Gasteiger partial charge in [0.2, 0.25) is 5.91 Å². The number of nitrogens with zero attached hydrogens (tertiary/aromatic N) is 1. The van der Waals surface area contributed by atoms with Crippen molar-refractivity contribution in [3.63, 3.8) is 0 Å². The number of carbonyl (C=O) groups is 1. The summed E-state index contributed by atoms with van der Waals surface area (Å²) in [6.07, 6.45) is 0.191. The monoisotopic (exact) mass is 294 g/mol. The molecule has 1 N–H and O–H groups in total. The molecule has 0 fully saturated rings. The number of amides is 1. The second-order valence-electron chi connectivity index (χ2n) is 4.35. The summed E-state index contributed by atoms with van der Waals surface area (Å²) in [5.74, 6) is 0.914. The summed E-state index contributed by atoms with van der Waals surface area (Å²) >= 11 is 6.00. The first-order chi connectivity index (χ1) is 9.52. The van der Waals surface area contributed by atoms with Gasteiger partial charge in [-0.1, -0.05) is 22.8 Å². The molecule has 106 valence electrons. The fourth-order valence-corrected chi connectivity index (χ4v) is 2.18. The lowest BCUT2D eigenvalue weighted by Gasteiger charge is -2.11. The summed E-state index contributed by atoms with van der Waals surface area (Å²) in [6, 6.07) is 5.18. The first-order valence-corrected chi connectivity index (χ1v) is 6.44. The van der Waals surface area contributed by atoms with Gasteiger partial charge in [0.25, 0.3) is 0 Å². The summed E-state index contributed by atoms with van der Waals surface area (Å²) in [6.45, 7) is 3.58. The number of aryl methyl sites for hydroxylation is 2. The maximum Gasteiger partial charge on any atom is 0.229 e. The molecule has 1 heterocycles. The molecule has 20 heavy (non-hydrogen) atoms. The highest BCUT2D eigenvalue weighted by Gasteiger charge is 2.15. The van der Waals surface area contributed by atoms with Crippen LogP contribution in [0.3, 0.4) is 0 Å². The molecule has 0 radical (unpaired) electrons. The summed E-state index contributed by atoms with van der Waals surface area (Å²) < 4.78 is 10.2. The van der Waals surface area contributed by atoms with Gasteiger partial charge in [-0.2, -0.15) is 0 Å². The zero-order valence-corrected chi connectivity index (χ0v) is 12.2. The van der Waals surface area contributed by atoms with Gasteiger partial charge in [0.1, 0.15) is 5.76 Å². The highest BCUT2D eigenvalue weighted by Crippen LogP contribution is 2.32. The zero-order chi connectivity index (χ0) is 14.7. The van der Waals surface area contributed by atoms with E-state index in [4.69, 9.17) is 20.9 Å². The van der Waals surface area contributed by atoms with E-state index in [0.717, 1.165) is 11.3 Å². The van der Waals surface area contributed by atoms with Crippen LogP contribution in [0.4, 0.5) is 5.69 Å². The van der Waals surface area contributed by atoms with Crippen molar-refractivity contribution < 1.29 is 14.1 Å². The average Bonchev–Trinajstić information content (AvgIpc) is 2.71. The van der Waals surface area contributed by atoms with Crippen LogP contribution in [0.15, 0.2) is 22.7 Å². The van der Waals surface area contributed by atoms with Crippen molar-refractivity contribution in [2.75, 3.05) is 12.4 Å². The van der Waals surface area contributed by atoms with Crippen molar-refractivity contribution in [3.8, 4) is 5.75 Å². The summed E-state index contributed by atoms with van der Waals surface area (Å²) in [7, 11) is 1.51. The number of methoxy groups -OCH3 is 1. The number of para-hydroxylation sites is 1. The van der Waals surface area contributed by atoms with Crippen LogP contribution in [0.1, 0.15) is 17.0 Å². The summed E-state index contributed by atoms with van der Waals surface area (Å²) in [4.78, 5) is 12.1. The number of halogens is 1. The SMILES string of the molecule is COc1c(Cl)cccc1NC(=O)Cc1c(C)noc1C. The van der Waals surface area contributed by atoms with E-state index in [9.17, 15) is 4.79 Å². The standard InChI is InChI=1S/C14H15ClN2O3/c1-8-10(9(2)20-17-8)7-13(18)16-12-6-4-5-11(15)14(12)19-3/h4-6H,7H2,1-3H3,(H,16,18). The number of rotatable bonds is 4. The van der Waals surface area contributed by atoms with Gasteiger partial charge in [0.05, 0.1) is 29.9 Å².